The molecular formula is C10H13F3O3Si. The summed E-state index contributed by atoms with van der Waals surface area (Å²) < 4.78 is 46.0. The lowest BCUT2D eigenvalue weighted by Crippen LogP contribution is -2.34. The molecule has 1 aromatic rings. The van der Waals surface area contributed by atoms with Crippen LogP contribution in [0.25, 0.3) is 0 Å². The minimum atomic E-state index is -4.22. The van der Waals surface area contributed by atoms with Crippen LogP contribution in [0.3, 0.4) is 0 Å². The van der Waals surface area contributed by atoms with Gasteiger partial charge >= 0.3 is 12.1 Å². The zero-order valence-corrected chi connectivity index (χ0v) is 10.5. The molecule has 1 rings (SSSR count). The molecule has 17 heavy (non-hydrogen) atoms. The maximum absolute atomic E-state index is 12.1. The van der Waals surface area contributed by atoms with Crippen molar-refractivity contribution in [3.8, 4) is 0 Å². The molecule has 0 N–H and O–H groups in total. The van der Waals surface area contributed by atoms with Crippen LogP contribution in [0.2, 0.25) is 19.1 Å². The second-order valence-electron chi connectivity index (χ2n) is 4.28. The van der Waals surface area contributed by atoms with Gasteiger partial charge in [-0.2, -0.15) is 13.2 Å². The average Bonchev–Trinajstić information content (AvgIpc) is 2.66. The predicted octanol–water partition coefficient (Wildman–Crippen LogP) is 3.59. The Morgan fingerprint density at radius 3 is 2.59 bits per heavy atom. The second-order valence-corrected chi connectivity index (χ2v) is 8.50. The molecule has 0 aromatic carbocycles. The highest BCUT2D eigenvalue weighted by Gasteiger charge is 2.35. The molecule has 1 aromatic heterocycles. The van der Waals surface area contributed by atoms with E-state index in [0.717, 1.165) is 0 Å². The molecule has 7 heteroatoms. The number of alkyl halides is 3. The molecule has 0 aliphatic rings. The van der Waals surface area contributed by atoms with Gasteiger partial charge < -0.3 is 8.84 Å². The molecule has 0 saturated carbocycles. The van der Waals surface area contributed by atoms with Gasteiger partial charge in [0.05, 0.1) is 11.8 Å². The third kappa shape index (κ3) is 5.07. The van der Waals surface area contributed by atoms with Gasteiger partial charge in [0.2, 0.25) is 8.32 Å². The summed E-state index contributed by atoms with van der Waals surface area (Å²) >= 11 is 0. The molecule has 1 heterocycles. The van der Waals surface area contributed by atoms with Gasteiger partial charge in [-0.3, -0.25) is 0 Å². The number of carbonyl (C=O) groups is 1. The van der Waals surface area contributed by atoms with E-state index < -0.39 is 26.9 Å². The Morgan fingerprint density at radius 2 is 2.12 bits per heavy atom. The highest BCUT2D eigenvalue weighted by Crippen LogP contribution is 2.27. The van der Waals surface area contributed by atoms with Gasteiger partial charge in [-0.15, -0.1) is 0 Å². The van der Waals surface area contributed by atoms with Gasteiger partial charge in [0.25, 0.3) is 0 Å². The van der Waals surface area contributed by atoms with Crippen LogP contribution < -0.4 is 0 Å². The van der Waals surface area contributed by atoms with Gasteiger partial charge in [0.1, 0.15) is 6.26 Å². The third-order valence-electron chi connectivity index (χ3n) is 2.14. The molecule has 0 saturated heterocycles. The Kier molecular flexibility index (Phi) is 4.02. The smallest absolute Gasteiger partial charge is 0.388 e. The van der Waals surface area contributed by atoms with Crippen molar-refractivity contribution in [1.82, 2.24) is 0 Å². The Labute approximate surface area is 97.7 Å². The van der Waals surface area contributed by atoms with Crippen LogP contribution in [-0.4, -0.2) is 20.5 Å². The van der Waals surface area contributed by atoms with Crippen LogP contribution in [0, 0.1) is 0 Å². The van der Waals surface area contributed by atoms with Gasteiger partial charge in [0.15, 0.2) is 0 Å². The van der Waals surface area contributed by atoms with Crippen LogP contribution in [0.4, 0.5) is 13.2 Å². The fraction of sp³-hybridized carbons (Fsp3) is 0.500. The largest absolute Gasteiger partial charge is 0.516 e. The maximum Gasteiger partial charge on any atom is 0.388 e. The van der Waals surface area contributed by atoms with Crippen molar-refractivity contribution in [2.24, 2.45) is 0 Å². The highest BCUT2D eigenvalue weighted by molar-refractivity contribution is 6.72. The summed E-state index contributed by atoms with van der Waals surface area (Å²) in [6.07, 6.45) is -2.63. The van der Waals surface area contributed by atoms with Crippen molar-refractivity contribution >= 4 is 14.3 Å². The number of furan rings is 1. The molecule has 0 fully saturated rings. The first kappa shape index (κ1) is 13.8. The number of hydrogen-bond donors (Lipinski definition) is 0. The second kappa shape index (κ2) is 4.95. The predicted molar refractivity (Wildman–Crippen MR) is 57.1 cm³/mol. The van der Waals surface area contributed by atoms with Crippen molar-refractivity contribution < 1.29 is 26.8 Å². The Morgan fingerprint density at radius 1 is 1.47 bits per heavy atom. The molecule has 0 amide bonds. The minimum Gasteiger partial charge on any atom is -0.516 e. The van der Waals surface area contributed by atoms with E-state index in [1.807, 2.05) is 0 Å². The van der Waals surface area contributed by atoms with E-state index in [4.69, 9.17) is 8.84 Å². The van der Waals surface area contributed by atoms with Crippen LogP contribution in [0.5, 0.6) is 0 Å². The van der Waals surface area contributed by atoms with Gasteiger partial charge in [-0.25, -0.2) is 4.79 Å². The van der Waals surface area contributed by atoms with Crippen LogP contribution >= 0.6 is 0 Å². The van der Waals surface area contributed by atoms with Crippen molar-refractivity contribution in [3.05, 3.63) is 24.2 Å². The maximum atomic E-state index is 12.1. The molecular weight excluding hydrogens is 253 g/mol. The summed E-state index contributed by atoms with van der Waals surface area (Å²) in [5, 5.41) is 0. The van der Waals surface area contributed by atoms with Crippen molar-refractivity contribution in [2.45, 2.75) is 31.7 Å². The molecule has 0 radical (unpaired) electrons. The summed E-state index contributed by atoms with van der Waals surface area (Å²) in [4.78, 5) is 11.5. The van der Waals surface area contributed by atoms with Crippen molar-refractivity contribution in [3.63, 3.8) is 0 Å². The average molecular weight is 266 g/mol. The molecule has 96 valence electrons. The van der Waals surface area contributed by atoms with Crippen LogP contribution in [0.1, 0.15) is 16.8 Å². The molecule has 0 unspecified atom stereocenters. The van der Waals surface area contributed by atoms with Crippen molar-refractivity contribution in [1.29, 1.82) is 0 Å². The molecule has 0 bridgehead atoms. The summed E-state index contributed by atoms with van der Waals surface area (Å²) in [5.41, 5.74) is 0.220. The van der Waals surface area contributed by atoms with E-state index in [0.29, 0.717) is 0 Å². The van der Waals surface area contributed by atoms with E-state index in [1.54, 1.807) is 13.1 Å². The molecule has 3 nitrogen and oxygen atoms in total. The molecule has 0 spiro atoms. The van der Waals surface area contributed by atoms with Gasteiger partial charge in [-0.05, 0) is 25.2 Å². The van der Waals surface area contributed by atoms with Crippen LogP contribution in [-0.2, 0) is 4.43 Å². The first-order chi connectivity index (χ1) is 7.70. The number of hydrogen-bond acceptors (Lipinski definition) is 3. The summed E-state index contributed by atoms with van der Waals surface area (Å²) in [6, 6.07) is 1.27. The van der Waals surface area contributed by atoms with E-state index >= 15 is 0 Å². The fourth-order valence-corrected chi connectivity index (χ4v) is 2.79. The van der Waals surface area contributed by atoms with E-state index in [9.17, 15) is 18.0 Å². The zero-order chi connectivity index (χ0) is 13.1. The molecule has 0 atom stereocenters. The Balaban J connectivity index is 2.52. The van der Waals surface area contributed by atoms with E-state index in [2.05, 4.69) is 0 Å². The first-order valence-corrected chi connectivity index (χ1v) is 8.13. The van der Waals surface area contributed by atoms with Gasteiger partial charge in [-0.1, -0.05) is 0 Å². The lowest BCUT2D eigenvalue weighted by molar-refractivity contribution is -0.131. The molecule has 0 aliphatic heterocycles. The molecule has 0 aliphatic carbocycles. The Bertz CT molecular complexity index is 371. The lowest BCUT2D eigenvalue weighted by atomic mass is 10.4. The highest BCUT2D eigenvalue weighted by atomic mass is 28.4. The number of carbonyl (C=O) groups excluding carboxylic acids is 1. The summed E-state index contributed by atoms with van der Waals surface area (Å²) in [6.45, 7) is 3.16. The van der Waals surface area contributed by atoms with Gasteiger partial charge in [0, 0.05) is 6.42 Å². The SMILES string of the molecule is C[Si](C)(CCC(F)(F)F)OC(=O)c1ccoc1. The van der Waals surface area contributed by atoms with Crippen molar-refractivity contribution in [2.75, 3.05) is 0 Å². The monoisotopic (exact) mass is 266 g/mol. The topological polar surface area (TPSA) is 39.4 Å². The normalized spacial score (nSPS) is 12.5. The number of halogens is 3. The summed E-state index contributed by atoms with van der Waals surface area (Å²) in [7, 11) is -2.64. The van der Waals surface area contributed by atoms with E-state index in [1.165, 1.54) is 18.6 Å². The fourth-order valence-electron chi connectivity index (χ4n) is 1.18. The minimum absolute atomic E-state index is 0.139. The van der Waals surface area contributed by atoms with E-state index in [-0.39, 0.29) is 11.6 Å². The third-order valence-corrected chi connectivity index (χ3v) is 4.33. The lowest BCUT2D eigenvalue weighted by Gasteiger charge is -2.22. The number of rotatable bonds is 4. The first-order valence-electron chi connectivity index (χ1n) is 5.02. The zero-order valence-electron chi connectivity index (χ0n) is 9.50. The van der Waals surface area contributed by atoms with Crippen LogP contribution in [0.15, 0.2) is 23.0 Å². The standard InChI is InChI=1S/C10H13F3O3Si/c1-17(2,6-4-10(11,12)13)16-9(14)8-3-5-15-7-8/h3,5,7H,4,6H2,1-2H3. The Hall–Kier alpha value is -1.24. The quantitative estimate of drug-likeness (QED) is 0.782. The summed E-state index contributed by atoms with van der Waals surface area (Å²) in [5.74, 6) is -0.627.